The van der Waals surface area contributed by atoms with Crippen LogP contribution in [-0.4, -0.2) is 15.6 Å². The normalized spacial score (nSPS) is 10.7. The Labute approximate surface area is 112 Å². The molecular formula is C15H17FN2O. The smallest absolute Gasteiger partial charge is 0.171 e. The van der Waals surface area contributed by atoms with E-state index in [-0.39, 0.29) is 17.8 Å². The number of hydrogen-bond acceptors (Lipinski definition) is 2. The summed E-state index contributed by atoms with van der Waals surface area (Å²) in [6.45, 7) is 6.35. The summed E-state index contributed by atoms with van der Waals surface area (Å²) in [7, 11) is 0. The van der Waals surface area contributed by atoms with E-state index >= 15 is 0 Å². The van der Waals surface area contributed by atoms with E-state index in [1.807, 2.05) is 19.9 Å². The lowest BCUT2D eigenvalue weighted by Gasteiger charge is -2.05. The van der Waals surface area contributed by atoms with Gasteiger partial charge >= 0.3 is 0 Å². The highest BCUT2D eigenvalue weighted by Crippen LogP contribution is 2.14. The van der Waals surface area contributed by atoms with Gasteiger partial charge in [0.1, 0.15) is 5.82 Å². The second kappa shape index (κ2) is 5.34. The molecule has 0 aliphatic rings. The highest BCUT2D eigenvalue weighted by molar-refractivity contribution is 5.97. The van der Waals surface area contributed by atoms with E-state index in [0.29, 0.717) is 6.54 Å². The van der Waals surface area contributed by atoms with Crippen molar-refractivity contribution >= 4 is 5.78 Å². The zero-order valence-electron chi connectivity index (χ0n) is 11.4. The number of carbonyl (C=O) groups excluding carboxylic acids is 1. The standard InChI is InChI=1S/C15H17FN2O/c1-4-18-12(8-11(3)17-18)9-15(19)13-6-5-10(2)7-14(13)16/h5-8H,4,9H2,1-3H3. The van der Waals surface area contributed by atoms with Crippen LogP contribution in [0.1, 0.15) is 34.2 Å². The highest BCUT2D eigenvalue weighted by atomic mass is 19.1. The van der Waals surface area contributed by atoms with Crippen molar-refractivity contribution in [3.63, 3.8) is 0 Å². The minimum atomic E-state index is -0.454. The molecular weight excluding hydrogens is 243 g/mol. The van der Waals surface area contributed by atoms with Crippen molar-refractivity contribution in [2.24, 2.45) is 0 Å². The summed E-state index contributed by atoms with van der Waals surface area (Å²) in [5, 5.41) is 4.28. The monoisotopic (exact) mass is 260 g/mol. The summed E-state index contributed by atoms with van der Waals surface area (Å²) < 4.78 is 15.5. The third-order valence-electron chi connectivity index (χ3n) is 3.05. The van der Waals surface area contributed by atoms with E-state index in [0.717, 1.165) is 17.0 Å². The van der Waals surface area contributed by atoms with Crippen molar-refractivity contribution in [2.75, 3.05) is 0 Å². The van der Waals surface area contributed by atoms with Gasteiger partial charge in [0.05, 0.1) is 17.7 Å². The van der Waals surface area contributed by atoms with Crippen LogP contribution in [0.15, 0.2) is 24.3 Å². The lowest BCUT2D eigenvalue weighted by Crippen LogP contribution is -2.11. The van der Waals surface area contributed by atoms with Crippen LogP contribution in [0.2, 0.25) is 0 Å². The Morgan fingerprint density at radius 3 is 2.68 bits per heavy atom. The largest absolute Gasteiger partial charge is 0.294 e. The molecule has 0 saturated carbocycles. The zero-order chi connectivity index (χ0) is 14.0. The molecule has 3 nitrogen and oxygen atoms in total. The Bertz CT molecular complexity index is 617. The number of aryl methyl sites for hydroxylation is 3. The van der Waals surface area contributed by atoms with Gasteiger partial charge in [0.2, 0.25) is 0 Å². The molecule has 0 radical (unpaired) electrons. The van der Waals surface area contributed by atoms with Crippen LogP contribution in [0.4, 0.5) is 4.39 Å². The number of nitrogens with zero attached hydrogens (tertiary/aromatic N) is 2. The maximum Gasteiger partial charge on any atom is 0.171 e. The predicted molar refractivity (Wildman–Crippen MR) is 71.8 cm³/mol. The van der Waals surface area contributed by atoms with Crippen LogP contribution in [0.25, 0.3) is 0 Å². The number of rotatable bonds is 4. The van der Waals surface area contributed by atoms with Gasteiger partial charge in [0.15, 0.2) is 5.78 Å². The molecule has 0 aliphatic heterocycles. The Morgan fingerprint density at radius 2 is 2.05 bits per heavy atom. The van der Waals surface area contributed by atoms with Crippen molar-refractivity contribution in [1.29, 1.82) is 0 Å². The molecule has 0 spiro atoms. The van der Waals surface area contributed by atoms with Gasteiger partial charge in [-0.15, -0.1) is 0 Å². The first-order valence-electron chi connectivity index (χ1n) is 6.34. The van der Waals surface area contributed by atoms with Crippen LogP contribution >= 0.6 is 0 Å². The molecule has 0 saturated heterocycles. The van der Waals surface area contributed by atoms with Crippen LogP contribution in [0, 0.1) is 19.7 Å². The van der Waals surface area contributed by atoms with E-state index in [4.69, 9.17) is 0 Å². The topological polar surface area (TPSA) is 34.9 Å². The second-order valence-electron chi connectivity index (χ2n) is 4.68. The first-order chi connectivity index (χ1) is 9.01. The molecule has 4 heteroatoms. The van der Waals surface area contributed by atoms with Crippen LogP contribution < -0.4 is 0 Å². The van der Waals surface area contributed by atoms with Crippen LogP contribution in [-0.2, 0) is 13.0 Å². The molecule has 0 amide bonds. The zero-order valence-corrected chi connectivity index (χ0v) is 11.4. The van der Waals surface area contributed by atoms with Crippen LogP contribution in [0.5, 0.6) is 0 Å². The molecule has 0 unspecified atom stereocenters. The molecule has 1 aromatic carbocycles. The Kier molecular flexibility index (Phi) is 3.79. The van der Waals surface area contributed by atoms with Crippen molar-refractivity contribution in [1.82, 2.24) is 9.78 Å². The average Bonchev–Trinajstić information content (AvgIpc) is 2.69. The number of hydrogen-bond donors (Lipinski definition) is 0. The quantitative estimate of drug-likeness (QED) is 0.792. The van der Waals surface area contributed by atoms with E-state index < -0.39 is 5.82 Å². The third kappa shape index (κ3) is 2.89. The van der Waals surface area contributed by atoms with E-state index in [1.165, 1.54) is 6.07 Å². The lowest BCUT2D eigenvalue weighted by molar-refractivity contribution is 0.0986. The summed E-state index contributed by atoms with van der Waals surface area (Å²) >= 11 is 0. The molecule has 0 bridgehead atoms. The van der Waals surface area contributed by atoms with Gasteiger partial charge in [0.25, 0.3) is 0 Å². The number of aromatic nitrogens is 2. The number of ketones is 1. The highest BCUT2D eigenvalue weighted by Gasteiger charge is 2.15. The molecule has 0 fully saturated rings. The Hall–Kier alpha value is -1.97. The molecule has 2 aromatic rings. The van der Waals surface area contributed by atoms with Gasteiger partial charge in [-0.25, -0.2) is 4.39 Å². The molecule has 0 N–H and O–H groups in total. The molecule has 1 heterocycles. The Morgan fingerprint density at radius 1 is 1.32 bits per heavy atom. The van der Waals surface area contributed by atoms with Crippen molar-refractivity contribution in [3.8, 4) is 0 Å². The Balaban J connectivity index is 2.25. The fourth-order valence-electron chi connectivity index (χ4n) is 2.12. The first kappa shape index (κ1) is 13.5. The predicted octanol–water partition coefficient (Wildman–Crippen LogP) is 3.08. The molecule has 2 rings (SSSR count). The van der Waals surface area contributed by atoms with Crippen molar-refractivity contribution in [2.45, 2.75) is 33.7 Å². The molecule has 0 atom stereocenters. The fourth-order valence-corrected chi connectivity index (χ4v) is 2.12. The van der Waals surface area contributed by atoms with Gasteiger partial charge in [-0.2, -0.15) is 5.10 Å². The first-order valence-corrected chi connectivity index (χ1v) is 6.34. The van der Waals surface area contributed by atoms with Gasteiger partial charge < -0.3 is 0 Å². The molecule has 0 aliphatic carbocycles. The second-order valence-corrected chi connectivity index (χ2v) is 4.68. The van der Waals surface area contributed by atoms with Gasteiger partial charge in [-0.1, -0.05) is 6.07 Å². The molecule has 100 valence electrons. The van der Waals surface area contributed by atoms with E-state index in [2.05, 4.69) is 5.10 Å². The number of Topliss-reactive ketones (excluding diaryl/α,β-unsaturated/α-hetero) is 1. The van der Waals surface area contributed by atoms with Gasteiger partial charge in [0, 0.05) is 12.2 Å². The van der Waals surface area contributed by atoms with Gasteiger partial charge in [-0.05, 0) is 44.5 Å². The maximum absolute atomic E-state index is 13.7. The number of halogens is 1. The van der Waals surface area contributed by atoms with Crippen molar-refractivity contribution < 1.29 is 9.18 Å². The summed E-state index contributed by atoms with van der Waals surface area (Å²) in [4.78, 5) is 12.1. The number of benzene rings is 1. The number of carbonyl (C=O) groups is 1. The van der Waals surface area contributed by atoms with Crippen LogP contribution in [0.3, 0.4) is 0 Å². The average molecular weight is 260 g/mol. The lowest BCUT2D eigenvalue weighted by atomic mass is 10.0. The SMILES string of the molecule is CCn1nc(C)cc1CC(=O)c1ccc(C)cc1F. The minimum Gasteiger partial charge on any atom is -0.294 e. The summed E-state index contributed by atoms with van der Waals surface area (Å²) in [6, 6.07) is 6.55. The molecule has 1 aromatic heterocycles. The summed E-state index contributed by atoms with van der Waals surface area (Å²) in [5.74, 6) is -0.670. The maximum atomic E-state index is 13.7. The fraction of sp³-hybridized carbons (Fsp3) is 0.333. The van der Waals surface area contributed by atoms with Gasteiger partial charge in [-0.3, -0.25) is 9.48 Å². The van der Waals surface area contributed by atoms with E-state index in [9.17, 15) is 9.18 Å². The summed E-state index contributed by atoms with van der Waals surface area (Å²) in [5.41, 5.74) is 2.65. The minimum absolute atomic E-state index is 0.145. The summed E-state index contributed by atoms with van der Waals surface area (Å²) in [6.07, 6.45) is 0.175. The third-order valence-corrected chi connectivity index (χ3v) is 3.05. The van der Waals surface area contributed by atoms with E-state index in [1.54, 1.807) is 23.7 Å². The van der Waals surface area contributed by atoms with Crippen molar-refractivity contribution in [3.05, 3.63) is 52.6 Å². The molecule has 19 heavy (non-hydrogen) atoms.